The van der Waals surface area contributed by atoms with Gasteiger partial charge in [0.15, 0.2) is 0 Å². The number of nitrogens with zero attached hydrogens (tertiary/aromatic N) is 2. The second-order valence-corrected chi connectivity index (χ2v) is 4.49. The molecule has 0 fully saturated rings. The van der Waals surface area contributed by atoms with Gasteiger partial charge in [0.25, 0.3) is 0 Å². The lowest BCUT2D eigenvalue weighted by molar-refractivity contribution is 0.114. The van der Waals surface area contributed by atoms with Crippen LogP contribution in [0.2, 0.25) is 0 Å². The minimum absolute atomic E-state index is 0.337. The van der Waals surface area contributed by atoms with Crippen LogP contribution in [0.5, 0.6) is 0 Å². The quantitative estimate of drug-likeness (QED) is 0.692. The Hall–Kier alpha value is -1.36. The molecule has 5 nitrogen and oxygen atoms in total. The van der Waals surface area contributed by atoms with Gasteiger partial charge in [-0.3, -0.25) is 0 Å². The third kappa shape index (κ3) is 4.14. The largest absolute Gasteiger partial charge is 0.391 e. The van der Waals surface area contributed by atoms with Gasteiger partial charge in [0.1, 0.15) is 5.82 Å². The molecule has 1 heterocycles. The molecule has 0 aliphatic heterocycles. The maximum absolute atomic E-state index is 10.0. The van der Waals surface area contributed by atoms with E-state index in [2.05, 4.69) is 34.4 Å². The van der Waals surface area contributed by atoms with Crippen LogP contribution < -0.4 is 10.6 Å². The molecule has 0 saturated heterocycles. The van der Waals surface area contributed by atoms with Crippen molar-refractivity contribution in [2.45, 2.75) is 39.7 Å². The Morgan fingerprint density at radius 3 is 2.50 bits per heavy atom. The van der Waals surface area contributed by atoms with E-state index in [1.54, 1.807) is 7.05 Å². The zero-order valence-corrected chi connectivity index (χ0v) is 11.7. The summed E-state index contributed by atoms with van der Waals surface area (Å²) in [4.78, 5) is 8.51. The van der Waals surface area contributed by atoms with E-state index < -0.39 is 0 Å². The second-order valence-electron chi connectivity index (χ2n) is 4.49. The molecule has 0 aromatic carbocycles. The molecule has 0 aliphatic carbocycles. The summed E-state index contributed by atoms with van der Waals surface area (Å²) >= 11 is 0. The van der Waals surface area contributed by atoms with Crippen molar-refractivity contribution >= 4 is 11.8 Å². The van der Waals surface area contributed by atoms with Crippen LogP contribution in [0, 0.1) is 12.8 Å². The standard InChI is InChI=1S/C13H24N4O/c1-5-10(6-2)11(18)8-15-12-7-9(3)16-13(14-4)17-12/h7,10-11,18H,5-6,8H2,1-4H3,(H2,14,15,16,17). The van der Waals surface area contributed by atoms with E-state index >= 15 is 0 Å². The molecule has 3 N–H and O–H groups in total. The first-order chi connectivity index (χ1) is 8.60. The number of hydrogen-bond donors (Lipinski definition) is 3. The van der Waals surface area contributed by atoms with Gasteiger partial charge in [-0.2, -0.15) is 4.98 Å². The fourth-order valence-electron chi connectivity index (χ4n) is 1.98. The van der Waals surface area contributed by atoms with Gasteiger partial charge in [0.2, 0.25) is 5.95 Å². The van der Waals surface area contributed by atoms with Crippen molar-refractivity contribution in [2.24, 2.45) is 5.92 Å². The van der Waals surface area contributed by atoms with E-state index in [-0.39, 0.29) is 6.10 Å². The van der Waals surface area contributed by atoms with Gasteiger partial charge in [-0.05, 0) is 12.8 Å². The molecule has 0 aliphatic rings. The van der Waals surface area contributed by atoms with Gasteiger partial charge in [-0.25, -0.2) is 4.98 Å². The molecule has 1 rings (SSSR count). The molecule has 5 heteroatoms. The molecule has 0 bridgehead atoms. The Labute approximate surface area is 109 Å². The Kier molecular flexibility index (Phi) is 5.85. The molecule has 0 amide bonds. The van der Waals surface area contributed by atoms with Gasteiger partial charge in [-0.15, -0.1) is 0 Å². The molecule has 0 radical (unpaired) electrons. The maximum Gasteiger partial charge on any atom is 0.224 e. The molecule has 1 atom stereocenters. The molecular weight excluding hydrogens is 228 g/mol. The molecule has 0 spiro atoms. The minimum Gasteiger partial charge on any atom is -0.391 e. The SMILES string of the molecule is CCC(CC)C(O)CNc1cc(C)nc(NC)n1. The molecule has 1 unspecified atom stereocenters. The van der Waals surface area contributed by atoms with Gasteiger partial charge in [0, 0.05) is 25.4 Å². The zero-order valence-electron chi connectivity index (χ0n) is 11.7. The van der Waals surface area contributed by atoms with Crippen molar-refractivity contribution in [3.63, 3.8) is 0 Å². The van der Waals surface area contributed by atoms with Crippen LogP contribution in [0.15, 0.2) is 6.07 Å². The van der Waals surface area contributed by atoms with Gasteiger partial charge < -0.3 is 15.7 Å². The monoisotopic (exact) mass is 252 g/mol. The summed E-state index contributed by atoms with van der Waals surface area (Å²) in [6.45, 7) is 6.65. The van der Waals surface area contributed by atoms with Crippen LogP contribution in [0.1, 0.15) is 32.4 Å². The summed E-state index contributed by atoms with van der Waals surface area (Å²) in [6.07, 6.45) is 1.64. The van der Waals surface area contributed by atoms with Crippen LogP contribution in [-0.2, 0) is 0 Å². The highest BCUT2D eigenvalue weighted by molar-refractivity contribution is 5.41. The van der Waals surface area contributed by atoms with Crippen LogP contribution in [0.3, 0.4) is 0 Å². The van der Waals surface area contributed by atoms with Gasteiger partial charge in [0.05, 0.1) is 6.10 Å². The number of rotatable bonds is 7. The predicted octanol–water partition coefficient (Wildman–Crippen LogP) is 2.04. The number of anilines is 2. The van der Waals surface area contributed by atoms with E-state index in [0.717, 1.165) is 24.4 Å². The molecule has 1 aromatic heterocycles. The van der Waals surface area contributed by atoms with Crippen LogP contribution in [-0.4, -0.2) is 34.8 Å². The van der Waals surface area contributed by atoms with Crippen molar-refractivity contribution in [3.05, 3.63) is 11.8 Å². The molecule has 102 valence electrons. The third-order valence-electron chi connectivity index (χ3n) is 3.16. The number of hydrogen-bond acceptors (Lipinski definition) is 5. The third-order valence-corrected chi connectivity index (χ3v) is 3.16. The van der Waals surface area contributed by atoms with Gasteiger partial charge in [-0.1, -0.05) is 26.7 Å². The molecule has 18 heavy (non-hydrogen) atoms. The Morgan fingerprint density at radius 1 is 1.28 bits per heavy atom. The number of aromatic nitrogens is 2. The van der Waals surface area contributed by atoms with Crippen LogP contribution in [0.25, 0.3) is 0 Å². The second kappa shape index (κ2) is 7.16. The summed E-state index contributed by atoms with van der Waals surface area (Å²) in [5.41, 5.74) is 0.897. The number of aliphatic hydroxyl groups is 1. The normalized spacial score (nSPS) is 12.6. The Bertz CT molecular complexity index is 366. The first kappa shape index (κ1) is 14.7. The van der Waals surface area contributed by atoms with Gasteiger partial charge >= 0.3 is 0 Å². The summed E-state index contributed by atoms with van der Waals surface area (Å²) < 4.78 is 0. The first-order valence-corrected chi connectivity index (χ1v) is 6.56. The summed E-state index contributed by atoms with van der Waals surface area (Å²) in [5, 5.41) is 16.1. The maximum atomic E-state index is 10.0. The van der Waals surface area contributed by atoms with E-state index in [1.807, 2.05) is 13.0 Å². The summed E-state index contributed by atoms with van der Waals surface area (Å²) in [6, 6.07) is 1.88. The molecule has 1 aromatic rings. The average Bonchev–Trinajstić information content (AvgIpc) is 2.37. The predicted molar refractivity (Wildman–Crippen MR) is 74.9 cm³/mol. The smallest absolute Gasteiger partial charge is 0.224 e. The lowest BCUT2D eigenvalue weighted by Gasteiger charge is -2.20. The summed E-state index contributed by atoms with van der Waals surface area (Å²) in [5.74, 6) is 1.68. The highest BCUT2D eigenvalue weighted by Gasteiger charge is 2.15. The fourth-order valence-corrected chi connectivity index (χ4v) is 1.98. The fraction of sp³-hybridized carbons (Fsp3) is 0.692. The average molecular weight is 252 g/mol. The topological polar surface area (TPSA) is 70.1 Å². The van der Waals surface area contributed by atoms with E-state index in [4.69, 9.17) is 0 Å². The Balaban J connectivity index is 2.60. The van der Waals surface area contributed by atoms with Crippen LogP contribution >= 0.6 is 0 Å². The zero-order chi connectivity index (χ0) is 13.5. The highest BCUT2D eigenvalue weighted by atomic mass is 16.3. The molecule has 0 saturated carbocycles. The highest BCUT2D eigenvalue weighted by Crippen LogP contribution is 2.14. The van der Waals surface area contributed by atoms with Crippen LogP contribution in [0.4, 0.5) is 11.8 Å². The van der Waals surface area contributed by atoms with E-state index in [0.29, 0.717) is 18.4 Å². The number of aryl methyl sites for hydroxylation is 1. The van der Waals surface area contributed by atoms with E-state index in [9.17, 15) is 5.11 Å². The van der Waals surface area contributed by atoms with Crippen molar-refractivity contribution in [3.8, 4) is 0 Å². The number of nitrogens with one attached hydrogen (secondary N) is 2. The van der Waals surface area contributed by atoms with E-state index in [1.165, 1.54) is 0 Å². The van der Waals surface area contributed by atoms with Crippen molar-refractivity contribution in [1.29, 1.82) is 0 Å². The lowest BCUT2D eigenvalue weighted by atomic mass is 9.97. The summed E-state index contributed by atoms with van der Waals surface area (Å²) in [7, 11) is 1.79. The van der Waals surface area contributed by atoms with Crippen molar-refractivity contribution < 1.29 is 5.11 Å². The lowest BCUT2D eigenvalue weighted by Crippen LogP contribution is -2.28. The number of aliphatic hydroxyl groups excluding tert-OH is 1. The molecular formula is C13H24N4O. The van der Waals surface area contributed by atoms with Crippen molar-refractivity contribution in [2.75, 3.05) is 24.2 Å². The van der Waals surface area contributed by atoms with Crippen molar-refractivity contribution in [1.82, 2.24) is 9.97 Å². The Morgan fingerprint density at radius 2 is 1.94 bits per heavy atom. The first-order valence-electron chi connectivity index (χ1n) is 6.56. The minimum atomic E-state index is -0.340.